The zero-order valence-electron chi connectivity index (χ0n) is 9.19. The van der Waals surface area contributed by atoms with Crippen molar-refractivity contribution in [1.82, 2.24) is 0 Å². The first-order valence-electron chi connectivity index (χ1n) is 5.35. The van der Waals surface area contributed by atoms with Gasteiger partial charge in [-0.2, -0.15) is 0 Å². The Balaban J connectivity index is 2.53. The van der Waals surface area contributed by atoms with Gasteiger partial charge in [0, 0.05) is 11.7 Å². The van der Waals surface area contributed by atoms with Crippen LogP contribution in [0.2, 0.25) is 0 Å². The summed E-state index contributed by atoms with van der Waals surface area (Å²) in [5.74, 6) is -0.221. The number of anilines is 1. The van der Waals surface area contributed by atoms with E-state index in [1.54, 1.807) is 12.1 Å². The highest BCUT2D eigenvalue weighted by molar-refractivity contribution is 9.10. The van der Waals surface area contributed by atoms with Gasteiger partial charge in [0.15, 0.2) is 0 Å². The van der Waals surface area contributed by atoms with Crippen LogP contribution < -0.4 is 5.32 Å². The first kappa shape index (κ1) is 12.5. The van der Waals surface area contributed by atoms with Gasteiger partial charge >= 0.3 is 0 Å². The Labute approximate surface area is 99.2 Å². The predicted octanol–water partition coefficient (Wildman–Crippen LogP) is 4.58. The smallest absolute Gasteiger partial charge is 0.137 e. The summed E-state index contributed by atoms with van der Waals surface area (Å²) in [6.45, 7) is 4.33. The van der Waals surface area contributed by atoms with E-state index in [-0.39, 0.29) is 5.82 Å². The second kappa shape index (κ2) is 6.11. The van der Waals surface area contributed by atoms with Crippen molar-refractivity contribution >= 4 is 21.6 Å². The molecule has 0 radical (unpaired) electrons. The van der Waals surface area contributed by atoms with Gasteiger partial charge in [0.05, 0.1) is 4.47 Å². The zero-order chi connectivity index (χ0) is 11.3. The summed E-state index contributed by atoms with van der Waals surface area (Å²) in [7, 11) is 0. The van der Waals surface area contributed by atoms with Crippen LogP contribution in [0.3, 0.4) is 0 Å². The molecule has 1 atom stereocenters. The van der Waals surface area contributed by atoms with Gasteiger partial charge in [0.25, 0.3) is 0 Å². The average Bonchev–Trinajstić information content (AvgIpc) is 2.20. The van der Waals surface area contributed by atoms with Crippen molar-refractivity contribution in [3.8, 4) is 0 Å². The van der Waals surface area contributed by atoms with Crippen molar-refractivity contribution in [3.05, 3.63) is 28.5 Å². The molecule has 1 unspecified atom stereocenters. The minimum Gasteiger partial charge on any atom is -0.383 e. The fourth-order valence-corrected chi connectivity index (χ4v) is 1.83. The molecule has 1 rings (SSSR count). The Morgan fingerprint density at radius 3 is 2.80 bits per heavy atom. The summed E-state index contributed by atoms with van der Waals surface area (Å²) in [6.07, 6.45) is 3.57. The lowest BCUT2D eigenvalue weighted by atomic mass is 10.1. The minimum absolute atomic E-state index is 0.221. The van der Waals surface area contributed by atoms with E-state index >= 15 is 0 Å². The van der Waals surface area contributed by atoms with Crippen LogP contribution >= 0.6 is 15.9 Å². The third kappa shape index (κ3) is 4.20. The van der Waals surface area contributed by atoms with Gasteiger partial charge < -0.3 is 5.32 Å². The average molecular weight is 274 g/mol. The monoisotopic (exact) mass is 273 g/mol. The van der Waals surface area contributed by atoms with Gasteiger partial charge in [-0.05, 0) is 47.5 Å². The van der Waals surface area contributed by atoms with Crippen molar-refractivity contribution in [3.63, 3.8) is 0 Å². The van der Waals surface area contributed by atoms with E-state index in [0.29, 0.717) is 10.5 Å². The van der Waals surface area contributed by atoms with Crippen molar-refractivity contribution < 1.29 is 4.39 Å². The molecule has 0 aromatic heterocycles. The number of hydrogen-bond donors (Lipinski definition) is 1. The normalized spacial score (nSPS) is 12.5. The standard InChI is InChI=1S/C12H17BrFN/c1-3-4-5-9(2)15-10-6-7-12(14)11(13)8-10/h6-9,15H,3-5H2,1-2H3. The first-order valence-corrected chi connectivity index (χ1v) is 6.14. The molecule has 3 heteroatoms. The van der Waals surface area contributed by atoms with E-state index in [4.69, 9.17) is 0 Å². The molecule has 84 valence electrons. The van der Waals surface area contributed by atoms with E-state index in [9.17, 15) is 4.39 Å². The van der Waals surface area contributed by atoms with Crippen LogP contribution in [0, 0.1) is 5.82 Å². The van der Waals surface area contributed by atoms with Crippen LogP contribution in [0.15, 0.2) is 22.7 Å². The van der Waals surface area contributed by atoms with E-state index < -0.39 is 0 Å². The molecule has 1 aromatic carbocycles. The second-order valence-electron chi connectivity index (χ2n) is 3.82. The van der Waals surface area contributed by atoms with Crippen molar-refractivity contribution in [2.75, 3.05) is 5.32 Å². The van der Waals surface area contributed by atoms with Crippen LogP contribution in [-0.2, 0) is 0 Å². The molecule has 1 nitrogen and oxygen atoms in total. The van der Waals surface area contributed by atoms with E-state index in [1.165, 1.54) is 18.9 Å². The molecule has 1 aromatic rings. The Morgan fingerprint density at radius 2 is 2.20 bits per heavy atom. The largest absolute Gasteiger partial charge is 0.383 e. The summed E-state index contributed by atoms with van der Waals surface area (Å²) in [5.41, 5.74) is 0.965. The fourth-order valence-electron chi connectivity index (χ4n) is 1.45. The molecule has 0 aliphatic carbocycles. The van der Waals surface area contributed by atoms with Crippen molar-refractivity contribution in [1.29, 1.82) is 0 Å². The maximum absolute atomic E-state index is 13.0. The summed E-state index contributed by atoms with van der Waals surface area (Å²) < 4.78 is 13.5. The van der Waals surface area contributed by atoms with Gasteiger partial charge in [-0.15, -0.1) is 0 Å². The molecule has 15 heavy (non-hydrogen) atoms. The number of hydrogen-bond acceptors (Lipinski definition) is 1. The lowest BCUT2D eigenvalue weighted by molar-refractivity contribution is 0.620. The molecule has 1 N–H and O–H groups in total. The molecular formula is C12H17BrFN. The maximum atomic E-state index is 13.0. The highest BCUT2D eigenvalue weighted by atomic mass is 79.9. The topological polar surface area (TPSA) is 12.0 Å². The maximum Gasteiger partial charge on any atom is 0.137 e. The van der Waals surface area contributed by atoms with Crippen molar-refractivity contribution in [2.24, 2.45) is 0 Å². The molecule has 0 aliphatic rings. The first-order chi connectivity index (χ1) is 7.13. The summed E-state index contributed by atoms with van der Waals surface area (Å²) in [4.78, 5) is 0. The molecule has 0 aliphatic heterocycles. The number of rotatable bonds is 5. The summed E-state index contributed by atoms with van der Waals surface area (Å²) in [5, 5.41) is 3.35. The van der Waals surface area contributed by atoms with E-state index in [0.717, 1.165) is 12.1 Å². The molecular weight excluding hydrogens is 257 g/mol. The van der Waals surface area contributed by atoms with Gasteiger partial charge in [0.1, 0.15) is 5.82 Å². The Hall–Kier alpha value is -0.570. The fraction of sp³-hybridized carbons (Fsp3) is 0.500. The van der Waals surface area contributed by atoms with Crippen molar-refractivity contribution in [2.45, 2.75) is 39.2 Å². The van der Waals surface area contributed by atoms with Crippen LogP contribution in [0.4, 0.5) is 10.1 Å². The highest BCUT2D eigenvalue weighted by Crippen LogP contribution is 2.21. The lowest BCUT2D eigenvalue weighted by Crippen LogP contribution is -2.14. The second-order valence-corrected chi connectivity index (χ2v) is 4.67. The molecule has 0 amide bonds. The third-order valence-corrected chi connectivity index (χ3v) is 2.93. The molecule has 0 fully saturated rings. The van der Waals surface area contributed by atoms with E-state index in [1.807, 2.05) is 0 Å². The van der Waals surface area contributed by atoms with Gasteiger partial charge in [-0.3, -0.25) is 0 Å². The lowest BCUT2D eigenvalue weighted by Gasteiger charge is -2.15. The number of benzene rings is 1. The minimum atomic E-state index is -0.221. The highest BCUT2D eigenvalue weighted by Gasteiger charge is 2.03. The SMILES string of the molecule is CCCCC(C)Nc1ccc(F)c(Br)c1. The Bertz CT molecular complexity index is 314. The Morgan fingerprint density at radius 1 is 1.47 bits per heavy atom. The van der Waals surface area contributed by atoms with E-state index in [2.05, 4.69) is 35.1 Å². The summed E-state index contributed by atoms with van der Waals surface area (Å²) >= 11 is 3.17. The molecule has 0 saturated carbocycles. The van der Waals surface area contributed by atoms with Crippen LogP contribution in [0.1, 0.15) is 33.1 Å². The number of unbranched alkanes of at least 4 members (excludes halogenated alkanes) is 1. The van der Waals surface area contributed by atoms with Gasteiger partial charge in [0.2, 0.25) is 0 Å². The zero-order valence-corrected chi connectivity index (χ0v) is 10.8. The predicted molar refractivity (Wildman–Crippen MR) is 66.7 cm³/mol. The van der Waals surface area contributed by atoms with Crippen LogP contribution in [-0.4, -0.2) is 6.04 Å². The molecule has 0 heterocycles. The molecule has 0 saturated heterocycles. The van der Waals surface area contributed by atoms with Gasteiger partial charge in [-0.25, -0.2) is 4.39 Å². The van der Waals surface area contributed by atoms with Gasteiger partial charge in [-0.1, -0.05) is 19.8 Å². The summed E-state index contributed by atoms with van der Waals surface area (Å²) in [6, 6.07) is 5.45. The molecule has 0 spiro atoms. The number of halogens is 2. The number of nitrogens with one attached hydrogen (secondary N) is 1. The third-order valence-electron chi connectivity index (χ3n) is 2.32. The quantitative estimate of drug-likeness (QED) is 0.828. The Kier molecular flexibility index (Phi) is 5.09. The van der Waals surface area contributed by atoms with Crippen LogP contribution in [0.5, 0.6) is 0 Å². The molecule has 0 bridgehead atoms. The van der Waals surface area contributed by atoms with Crippen LogP contribution in [0.25, 0.3) is 0 Å².